The van der Waals surface area contributed by atoms with Crippen LogP contribution in [0.15, 0.2) is 48.5 Å². The molecule has 0 saturated carbocycles. The third-order valence-corrected chi connectivity index (χ3v) is 5.58. The van der Waals surface area contributed by atoms with Crippen molar-refractivity contribution in [2.45, 2.75) is 12.5 Å². The van der Waals surface area contributed by atoms with Gasteiger partial charge in [-0.1, -0.05) is 48.5 Å². The van der Waals surface area contributed by atoms with Crippen molar-refractivity contribution in [2.24, 2.45) is 0 Å². The van der Waals surface area contributed by atoms with Crippen molar-refractivity contribution in [1.29, 1.82) is 0 Å². The Labute approximate surface area is 160 Å². The van der Waals surface area contributed by atoms with E-state index in [0.29, 0.717) is 13.2 Å². The van der Waals surface area contributed by atoms with Crippen LogP contribution in [0.4, 0.5) is 0 Å². The smallest absolute Gasteiger partial charge is 0.304 e. The van der Waals surface area contributed by atoms with Crippen LogP contribution in [0.3, 0.4) is 0 Å². The van der Waals surface area contributed by atoms with Gasteiger partial charge in [-0.15, -0.1) is 0 Å². The summed E-state index contributed by atoms with van der Waals surface area (Å²) >= 11 is 0. The molecule has 0 spiro atoms. The van der Waals surface area contributed by atoms with Gasteiger partial charge in [-0.2, -0.15) is 0 Å². The highest BCUT2D eigenvalue weighted by Crippen LogP contribution is 2.44. The fraction of sp³-hybridized carbons (Fsp3) is 0.409. The van der Waals surface area contributed by atoms with E-state index in [1.807, 2.05) is 0 Å². The number of carbonyl (C=O) groups is 1. The first-order chi connectivity index (χ1) is 13.2. The molecule has 1 saturated heterocycles. The maximum Gasteiger partial charge on any atom is 0.304 e. The van der Waals surface area contributed by atoms with Crippen molar-refractivity contribution >= 4 is 5.97 Å². The summed E-state index contributed by atoms with van der Waals surface area (Å²) in [6.45, 7) is 6.07. The maximum atomic E-state index is 10.7. The molecule has 0 aromatic heterocycles. The first-order valence-electron chi connectivity index (χ1n) is 9.69. The molecule has 142 valence electrons. The summed E-state index contributed by atoms with van der Waals surface area (Å²) < 4.78 is 6.33. The van der Waals surface area contributed by atoms with Crippen LogP contribution in [0.1, 0.15) is 23.7 Å². The number of carboxylic acids is 1. The van der Waals surface area contributed by atoms with Gasteiger partial charge in [-0.05, 0) is 22.3 Å². The number of ether oxygens (including phenoxy) is 1. The maximum absolute atomic E-state index is 10.7. The van der Waals surface area contributed by atoms with E-state index in [9.17, 15) is 4.79 Å². The van der Waals surface area contributed by atoms with Crippen LogP contribution in [0, 0.1) is 0 Å². The van der Waals surface area contributed by atoms with Gasteiger partial charge in [0.05, 0.1) is 13.0 Å². The van der Waals surface area contributed by atoms with Gasteiger partial charge in [0.25, 0.3) is 0 Å². The van der Waals surface area contributed by atoms with Crippen LogP contribution in [-0.4, -0.2) is 66.8 Å². The van der Waals surface area contributed by atoms with E-state index in [-0.39, 0.29) is 12.5 Å². The predicted molar refractivity (Wildman–Crippen MR) is 105 cm³/mol. The van der Waals surface area contributed by atoms with Gasteiger partial charge in [0.2, 0.25) is 0 Å². The van der Waals surface area contributed by atoms with Gasteiger partial charge in [-0.25, -0.2) is 0 Å². The Morgan fingerprint density at radius 3 is 1.96 bits per heavy atom. The molecule has 5 heteroatoms. The number of nitrogens with zero attached hydrogens (tertiary/aromatic N) is 2. The molecule has 1 fully saturated rings. The van der Waals surface area contributed by atoms with Crippen molar-refractivity contribution in [2.75, 3.05) is 45.9 Å². The van der Waals surface area contributed by atoms with Crippen LogP contribution >= 0.6 is 0 Å². The molecule has 1 heterocycles. The summed E-state index contributed by atoms with van der Waals surface area (Å²) in [5.41, 5.74) is 5.09. The highest BCUT2D eigenvalue weighted by Gasteiger charge is 2.28. The van der Waals surface area contributed by atoms with E-state index in [0.717, 1.165) is 32.7 Å². The largest absolute Gasteiger partial charge is 0.481 e. The van der Waals surface area contributed by atoms with Crippen molar-refractivity contribution in [3.05, 3.63) is 59.7 Å². The molecule has 1 aliphatic carbocycles. The van der Waals surface area contributed by atoms with Crippen molar-refractivity contribution in [3.8, 4) is 11.1 Å². The average Bonchev–Trinajstić information content (AvgIpc) is 3.02. The Balaban J connectivity index is 1.30. The zero-order valence-electron chi connectivity index (χ0n) is 15.5. The number of carboxylic acid groups (broad SMARTS) is 1. The fourth-order valence-corrected chi connectivity index (χ4v) is 4.08. The van der Waals surface area contributed by atoms with Crippen LogP contribution in [0.2, 0.25) is 0 Å². The number of benzene rings is 2. The van der Waals surface area contributed by atoms with Gasteiger partial charge in [0.1, 0.15) is 6.10 Å². The third-order valence-electron chi connectivity index (χ3n) is 5.58. The summed E-state index contributed by atoms with van der Waals surface area (Å²) in [6, 6.07) is 17.0. The molecule has 5 nitrogen and oxygen atoms in total. The number of hydrogen-bond acceptors (Lipinski definition) is 4. The molecule has 2 aromatic rings. The van der Waals surface area contributed by atoms with E-state index in [4.69, 9.17) is 9.84 Å². The minimum absolute atomic E-state index is 0.0225. The lowest BCUT2D eigenvalue weighted by Crippen LogP contribution is -2.47. The number of rotatable bonds is 7. The zero-order valence-corrected chi connectivity index (χ0v) is 15.5. The molecule has 0 bridgehead atoms. The lowest BCUT2D eigenvalue weighted by Gasteiger charge is -2.34. The second-order valence-corrected chi connectivity index (χ2v) is 7.25. The standard InChI is InChI=1S/C22H26N2O3/c25-21(26)9-10-23-11-13-24(14-12-23)15-16-27-22-19-7-3-1-5-17(19)18-6-2-4-8-20(18)22/h1-8,22H,9-16H2,(H,25,26). The summed E-state index contributed by atoms with van der Waals surface area (Å²) in [7, 11) is 0. The summed E-state index contributed by atoms with van der Waals surface area (Å²) in [4.78, 5) is 15.3. The molecule has 1 aliphatic heterocycles. The molecule has 0 radical (unpaired) electrons. The summed E-state index contributed by atoms with van der Waals surface area (Å²) in [5.74, 6) is -0.719. The van der Waals surface area contributed by atoms with Gasteiger partial charge in [0.15, 0.2) is 0 Å². The average molecular weight is 366 g/mol. The minimum atomic E-state index is -0.719. The number of aliphatic carboxylic acids is 1. The summed E-state index contributed by atoms with van der Waals surface area (Å²) in [6.07, 6.45) is 0.248. The van der Waals surface area contributed by atoms with Crippen LogP contribution in [-0.2, 0) is 9.53 Å². The lowest BCUT2D eigenvalue weighted by atomic mass is 10.1. The predicted octanol–water partition coefficient (Wildman–Crippen LogP) is 2.87. The molecular weight excluding hydrogens is 340 g/mol. The highest BCUT2D eigenvalue weighted by atomic mass is 16.5. The molecule has 4 rings (SSSR count). The van der Waals surface area contributed by atoms with E-state index in [1.54, 1.807) is 0 Å². The summed E-state index contributed by atoms with van der Waals surface area (Å²) in [5, 5.41) is 8.80. The third kappa shape index (κ3) is 4.05. The van der Waals surface area contributed by atoms with E-state index in [2.05, 4.69) is 58.3 Å². The quantitative estimate of drug-likeness (QED) is 0.817. The van der Waals surface area contributed by atoms with Crippen molar-refractivity contribution in [3.63, 3.8) is 0 Å². The molecule has 0 amide bonds. The van der Waals surface area contributed by atoms with E-state index < -0.39 is 5.97 Å². The van der Waals surface area contributed by atoms with Crippen molar-refractivity contribution in [1.82, 2.24) is 9.80 Å². The zero-order chi connectivity index (χ0) is 18.6. The van der Waals surface area contributed by atoms with Crippen LogP contribution in [0.25, 0.3) is 11.1 Å². The SMILES string of the molecule is O=C(O)CCN1CCN(CCOC2c3ccccc3-c3ccccc32)CC1. The van der Waals surface area contributed by atoms with Crippen LogP contribution < -0.4 is 0 Å². The van der Waals surface area contributed by atoms with Crippen molar-refractivity contribution < 1.29 is 14.6 Å². The topological polar surface area (TPSA) is 53.0 Å². The minimum Gasteiger partial charge on any atom is -0.481 e. The molecule has 0 atom stereocenters. The Hall–Kier alpha value is -2.21. The normalized spacial score (nSPS) is 17.6. The first kappa shape index (κ1) is 18.2. The second kappa shape index (κ2) is 8.21. The Kier molecular flexibility index (Phi) is 5.53. The number of hydrogen-bond donors (Lipinski definition) is 1. The Bertz CT molecular complexity index is 754. The van der Waals surface area contributed by atoms with Gasteiger partial charge in [-0.3, -0.25) is 9.69 Å². The van der Waals surface area contributed by atoms with Gasteiger partial charge in [0, 0.05) is 39.3 Å². The molecule has 0 unspecified atom stereocenters. The second-order valence-electron chi connectivity index (χ2n) is 7.25. The number of fused-ring (bicyclic) bond motifs is 3. The molecule has 2 aromatic carbocycles. The Morgan fingerprint density at radius 2 is 1.41 bits per heavy atom. The van der Waals surface area contributed by atoms with Gasteiger partial charge >= 0.3 is 5.97 Å². The highest BCUT2D eigenvalue weighted by molar-refractivity contribution is 5.78. The molecule has 27 heavy (non-hydrogen) atoms. The lowest BCUT2D eigenvalue weighted by molar-refractivity contribution is -0.137. The fourth-order valence-electron chi connectivity index (χ4n) is 4.08. The first-order valence-corrected chi connectivity index (χ1v) is 9.69. The van der Waals surface area contributed by atoms with E-state index >= 15 is 0 Å². The van der Waals surface area contributed by atoms with Crippen LogP contribution in [0.5, 0.6) is 0 Å². The van der Waals surface area contributed by atoms with Gasteiger partial charge < -0.3 is 14.7 Å². The Morgan fingerprint density at radius 1 is 0.889 bits per heavy atom. The molecule has 1 N–H and O–H groups in total. The molecule has 2 aliphatic rings. The van der Waals surface area contributed by atoms with E-state index in [1.165, 1.54) is 22.3 Å². The molecular formula is C22H26N2O3. The monoisotopic (exact) mass is 366 g/mol. The number of piperazine rings is 1.